The van der Waals surface area contributed by atoms with E-state index in [1.807, 2.05) is 6.92 Å². The molecule has 0 radical (unpaired) electrons. The quantitative estimate of drug-likeness (QED) is 0.745. The van der Waals surface area contributed by atoms with Gasteiger partial charge in [-0.25, -0.2) is 14.2 Å². The first-order chi connectivity index (χ1) is 12.4. The number of anilines is 1. The second-order valence-electron chi connectivity index (χ2n) is 6.17. The smallest absolute Gasteiger partial charge is 0.269 e. The van der Waals surface area contributed by atoms with Gasteiger partial charge in [0, 0.05) is 42.8 Å². The van der Waals surface area contributed by atoms with Gasteiger partial charge in [0.2, 0.25) is 0 Å². The Labute approximate surface area is 159 Å². The molecule has 0 aliphatic carbocycles. The van der Waals surface area contributed by atoms with Crippen LogP contribution >= 0.6 is 11.8 Å². The molecule has 1 saturated heterocycles. The molecule has 0 bridgehead atoms. The molecule has 0 aromatic carbocycles. The van der Waals surface area contributed by atoms with Crippen molar-refractivity contribution in [2.24, 2.45) is 0 Å². The van der Waals surface area contributed by atoms with Crippen molar-refractivity contribution in [2.75, 3.05) is 18.0 Å². The van der Waals surface area contributed by atoms with Crippen LogP contribution in [-0.2, 0) is 16.8 Å². The fraction of sp³-hybridized carbons (Fsp3) is 0.438. The number of aromatic nitrogens is 3. The van der Waals surface area contributed by atoms with Gasteiger partial charge in [0.05, 0.1) is 0 Å². The van der Waals surface area contributed by atoms with Crippen molar-refractivity contribution in [3.63, 3.8) is 0 Å². The number of piperidine rings is 1. The van der Waals surface area contributed by atoms with Gasteiger partial charge in [0.15, 0.2) is 11.1 Å². The van der Waals surface area contributed by atoms with Crippen molar-refractivity contribution in [1.29, 1.82) is 0 Å². The van der Waals surface area contributed by atoms with Crippen LogP contribution in [-0.4, -0.2) is 47.9 Å². The summed E-state index contributed by atoms with van der Waals surface area (Å²) in [5, 5.41) is 3.02. The monoisotopic (exact) mass is 397 g/mol. The van der Waals surface area contributed by atoms with Gasteiger partial charge in [-0.2, -0.15) is 0 Å². The van der Waals surface area contributed by atoms with Crippen LogP contribution in [0.4, 0.5) is 5.82 Å². The van der Waals surface area contributed by atoms with Crippen molar-refractivity contribution in [3.05, 3.63) is 41.6 Å². The van der Waals surface area contributed by atoms with E-state index in [4.69, 9.17) is 16.3 Å². The number of rotatable bonds is 5. The highest BCUT2D eigenvalue weighted by atomic mass is 35.5. The number of aryl methyl sites for hydroxylation is 1. The Hall–Kier alpha value is -1.97. The largest absolute Gasteiger partial charge is 0.356 e. The number of carbonyl (C=O) groups is 1. The van der Waals surface area contributed by atoms with Crippen LogP contribution in [0, 0.1) is 6.92 Å². The second kappa shape index (κ2) is 8.15. The zero-order valence-electron chi connectivity index (χ0n) is 14.3. The topological polar surface area (TPSA) is 100 Å². The van der Waals surface area contributed by atoms with Crippen LogP contribution in [0.3, 0.4) is 0 Å². The summed E-state index contributed by atoms with van der Waals surface area (Å²) >= 11 is 4.10. The van der Waals surface area contributed by atoms with E-state index in [-0.39, 0.29) is 17.7 Å². The summed E-state index contributed by atoms with van der Waals surface area (Å²) in [6, 6.07) is 5.36. The van der Waals surface area contributed by atoms with Gasteiger partial charge in [-0.3, -0.25) is 8.88 Å². The molecule has 26 heavy (non-hydrogen) atoms. The average Bonchev–Trinajstić information content (AvgIpc) is 2.94. The zero-order valence-corrected chi connectivity index (χ0v) is 15.8. The van der Waals surface area contributed by atoms with Gasteiger partial charge >= 0.3 is 0 Å². The average molecular weight is 398 g/mol. The molecule has 1 aliphatic heterocycles. The van der Waals surface area contributed by atoms with Crippen molar-refractivity contribution < 1.29 is 13.6 Å². The first kappa shape index (κ1) is 18.8. The molecule has 3 heterocycles. The third kappa shape index (κ3) is 4.40. The summed E-state index contributed by atoms with van der Waals surface area (Å²) in [6.07, 6.45) is 3.15. The Morgan fingerprint density at radius 1 is 1.38 bits per heavy atom. The van der Waals surface area contributed by atoms with Crippen molar-refractivity contribution in [1.82, 2.24) is 19.4 Å². The van der Waals surface area contributed by atoms with Gasteiger partial charge in [0.25, 0.3) is 5.91 Å². The lowest BCUT2D eigenvalue weighted by molar-refractivity contribution is 0.0925. The molecule has 140 valence electrons. The highest BCUT2D eigenvalue weighted by Gasteiger charge is 2.23. The fourth-order valence-electron chi connectivity index (χ4n) is 2.94. The van der Waals surface area contributed by atoms with Crippen LogP contribution in [0.5, 0.6) is 0 Å². The summed E-state index contributed by atoms with van der Waals surface area (Å²) in [7, 11) is 0. The minimum atomic E-state index is -1.96. The summed E-state index contributed by atoms with van der Waals surface area (Å²) in [4.78, 5) is 22.8. The van der Waals surface area contributed by atoms with Gasteiger partial charge in [-0.15, -0.1) is 0 Å². The molecule has 1 atom stereocenters. The van der Waals surface area contributed by atoms with Gasteiger partial charge < -0.3 is 14.8 Å². The first-order valence-electron chi connectivity index (χ1n) is 8.23. The van der Waals surface area contributed by atoms with Crippen molar-refractivity contribution >= 4 is 34.6 Å². The van der Waals surface area contributed by atoms with E-state index in [0.29, 0.717) is 11.5 Å². The first-order valence-corrected chi connectivity index (χ1v) is 9.85. The van der Waals surface area contributed by atoms with E-state index in [2.05, 4.69) is 20.2 Å². The molecule has 2 aromatic rings. The Bertz CT molecular complexity index is 820. The van der Waals surface area contributed by atoms with Crippen LogP contribution in [0.2, 0.25) is 0 Å². The maximum Gasteiger partial charge on any atom is 0.269 e. The maximum absolute atomic E-state index is 12.3. The third-order valence-electron chi connectivity index (χ3n) is 4.33. The van der Waals surface area contributed by atoms with E-state index in [0.717, 1.165) is 37.4 Å². The van der Waals surface area contributed by atoms with Gasteiger partial charge in [-0.05, 0) is 38.0 Å². The summed E-state index contributed by atoms with van der Waals surface area (Å²) in [5.74, 6) is 0.812. The Balaban J connectivity index is 1.57. The molecular weight excluding hydrogens is 378 g/mol. The van der Waals surface area contributed by atoms with Crippen LogP contribution in [0.1, 0.15) is 34.8 Å². The molecule has 1 unspecified atom stereocenters. The minimum Gasteiger partial charge on any atom is -0.356 e. The fourth-order valence-corrected chi connectivity index (χ4v) is 3.49. The molecule has 2 aromatic heterocycles. The molecule has 2 N–H and O–H groups in total. The standard InChI is InChI=1S/C16H20ClN5O3S/c1-11-2-3-13(22(11)17)16(23)19-12-5-8-21(9-6-12)15-4-7-18-14(20-15)10-26(24)25/h2-4,7,12H,5-6,8-10H2,1H3,(H,19,23)(H,24,25). The summed E-state index contributed by atoms with van der Waals surface area (Å²) in [5.41, 5.74) is 1.25. The molecule has 10 heteroatoms. The zero-order chi connectivity index (χ0) is 18.7. The van der Waals surface area contributed by atoms with Crippen LogP contribution < -0.4 is 10.2 Å². The number of carbonyl (C=O) groups excluding carboxylic acids is 1. The molecule has 8 nitrogen and oxygen atoms in total. The Kier molecular flexibility index (Phi) is 5.90. The third-order valence-corrected chi connectivity index (χ3v) is 5.29. The number of halogens is 1. The molecule has 1 amide bonds. The molecule has 3 rings (SSSR count). The van der Waals surface area contributed by atoms with E-state index < -0.39 is 11.1 Å². The lowest BCUT2D eigenvalue weighted by atomic mass is 10.0. The van der Waals surface area contributed by atoms with Gasteiger partial charge in [-0.1, -0.05) is 0 Å². The molecule has 0 saturated carbocycles. The Morgan fingerprint density at radius 2 is 2.12 bits per heavy atom. The minimum absolute atomic E-state index is 0.0666. The normalized spacial score (nSPS) is 16.5. The van der Waals surface area contributed by atoms with E-state index >= 15 is 0 Å². The van der Waals surface area contributed by atoms with E-state index in [1.54, 1.807) is 24.4 Å². The molecule has 0 spiro atoms. The summed E-state index contributed by atoms with van der Waals surface area (Å²) in [6.45, 7) is 3.29. The van der Waals surface area contributed by atoms with E-state index in [1.165, 1.54) is 4.09 Å². The van der Waals surface area contributed by atoms with Gasteiger partial charge in [0.1, 0.15) is 23.1 Å². The lowest BCUT2D eigenvalue weighted by Gasteiger charge is -2.33. The molecule has 1 fully saturated rings. The number of hydrogen-bond donors (Lipinski definition) is 2. The number of amides is 1. The predicted octanol–water partition coefficient (Wildman–Crippen LogP) is 1.71. The van der Waals surface area contributed by atoms with Crippen LogP contribution in [0.25, 0.3) is 0 Å². The number of nitrogens with zero attached hydrogens (tertiary/aromatic N) is 4. The highest BCUT2D eigenvalue weighted by Crippen LogP contribution is 2.19. The lowest BCUT2D eigenvalue weighted by Crippen LogP contribution is -2.45. The number of hydrogen-bond acceptors (Lipinski definition) is 5. The summed E-state index contributed by atoms with van der Waals surface area (Å²) < 4.78 is 21.2. The predicted molar refractivity (Wildman–Crippen MR) is 99.6 cm³/mol. The second-order valence-corrected chi connectivity index (χ2v) is 7.44. The van der Waals surface area contributed by atoms with E-state index in [9.17, 15) is 9.00 Å². The SMILES string of the molecule is Cc1ccc(C(=O)NC2CCN(c3ccnc(CS(=O)O)n3)CC2)n1Cl. The van der Waals surface area contributed by atoms with Crippen molar-refractivity contribution in [3.8, 4) is 0 Å². The molecular formula is C16H20ClN5O3S. The molecule has 1 aliphatic rings. The highest BCUT2D eigenvalue weighted by molar-refractivity contribution is 7.78. The number of nitrogens with one attached hydrogen (secondary N) is 1. The Morgan fingerprint density at radius 3 is 2.73 bits per heavy atom. The van der Waals surface area contributed by atoms with Crippen LogP contribution in [0.15, 0.2) is 24.4 Å². The van der Waals surface area contributed by atoms with Crippen molar-refractivity contribution in [2.45, 2.75) is 31.6 Å². The maximum atomic E-state index is 12.3.